The number of rotatable bonds is 5. The van der Waals surface area contributed by atoms with Gasteiger partial charge in [0.2, 0.25) is 0 Å². The number of hydrogen-bond acceptors (Lipinski definition) is 3. The summed E-state index contributed by atoms with van der Waals surface area (Å²) in [6.45, 7) is 15.6. The first-order chi connectivity index (χ1) is 15.7. The third kappa shape index (κ3) is 3.49. The van der Waals surface area contributed by atoms with Crippen LogP contribution in [0, 0.1) is 39.4 Å². The summed E-state index contributed by atoms with van der Waals surface area (Å²) in [5.74, 6) is -0.481. The van der Waals surface area contributed by atoms with Crippen LogP contribution in [0.1, 0.15) is 106 Å². The fourth-order valence-electron chi connectivity index (χ4n) is 9.37. The normalized spacial score (nSPS) is 44.0. The maximum absolute atomic E-state index is 12.5. The molecule has 4 nitrogen and oxygen atoms in total. The first-order valence-corrected chi connectivity index (χ1v) is 13.7. The predicted molar refractivity (Wildman–Crippen MR) is 136 cm³/mol. The van der Waals surface area contributed by atoms with Crippen molar-refractivity contribution in [2.75, 3.05) is 0 Å². The minimum Gasteiger partial charge on any atom is -0.481 e. The molecule has 0 heterocycles. The van der Waals surface area contributed by atoms with E-state index >= 15 is 0 Å². The summed E-state index contributed by atoms with van der Waals surface area (Å²) in [5, 5.41) is 32.4. The minimum atomic E-state index is -0.633. The van der Waals surface area contributed by atoms with Gasteiger partial charge in [-0.3, -0.25) is 4.79 Å². The Morgan fingerprint density at radius 1 is 1.00 bits per heavy atom. The van der Waals surface area contributed by atoms with Crippen LogP contribution in [0.5, 0.6) is 0 Å². The van der Waals surface area contributed by atoms with Gasteiger partial charge < -0.3 is 15.3 Å². The molecule has 0 bridgehead atoms. The van der Waals surface area contributed by atoms with E-state index in [1.165, 1.54) is 16.7 Å². The van der Waals surface area contributed by atoms with Gasteiger partial charge in [-0.1, -0.05) is 57.4 Å². The molecule has 8 unspecified atom stereocenters. The van der Waals surface area contributed by atoms with Crippen LogP contribution in [0.15, 0.2) is 22.8 Å². The summed E-state index contributed by atoms with van der Waals surface area (Å²) in [4.78, 5) is 12.5. The van der Waals surface area contributed by atoms with Crippen molar-refractivity contribution in [1.29, 1.82) is 0 Å². The zero-order chi connectivity index (χ0) is 25.3. The van der Waals surface area contributed by atoms with Gasteiger partial charge in [0.1, 0.15) is 0 Å². The van der Waals surface area contributed by atoms with Gasteiger partial charge in [0.15, 0.2) is 0 Å². The third-order valence-electron chi connectivity index (χ3n) is 11.7. The number of aliphatic carboxylic acids is 1. The van der Waals surface area contributed by atoms with Gasteiger partial charge >= 0.3 is 5.97 Å². The summed E-state index contributed by atoms with van der Waals surface area (Å²) < 4.78 is 0. The molecule has 0 aromatic rings. The highest BCUT2D eigenvalue weighted by Crippen LogP contribution is 2.72. The molecule has 0 radical (unpaired) electrons. The molecule has 0 spiro atoms. The predicted octanol–water partition coefficient (Wildman–Crippen LogP) is 6.51. The SMILES string of the molecule is CC(C)=CCCC(C(=O)O)C1CCC2(C)C3=C(CCC12C)C1(C)C(O)CC(O)C(C)(C)C1CC3. The second kappa shape index (κ2) is 8.47. The van der Waals surface area contributed by atoms with Crippen LogP contribution >= 0.6 is 0 Å². The number of carboxylic acids is 1. The second-order valence-corrected chi connectivity index (χ2v) is 13.6. The molecule has 2 saturated carbocycles. The lowest BCUT2D eigenvalue weighted by molar-refractivity contribution is -0.156. The number of carbonyl (C=O) groups is 1. The summed E-state index contributed by atoms with van der Waals surface area (Å²) in [5.41, 5.74) is 3.68. The van der Waals surface area contributed by atoms with Gasteiger partial charge in [0, 0.05) is 11.8 Å². The average Bonchev–Trinajstić information content (AvgIpc) is 3.01. The molecule has 4 aliphatic carbocycles. The van der Waals surface area contributed by atoms with Gasteiger partial charge in [-0.15, -0.1) is 0 Å². The Labute approximate surface area is 206 Å². The Morgan fingerprint density at radius 2 is 1.68 bits per heavy atom. The van der Waals surface area contributed by atoms with Crippen LogP contribution in [-0.2, 0) is 4.79 Å². The van der Waals surface area contributed by atoms with E-state index in [0.717, 1.165) is 44.9 Å². The zero-order valence-electron chi connectivity index (χ0n) is 22.6. The van der Waals surface area contributed by atoms with Gasteiger partial charge in [-0.25, -0.2) is 0 Å². The molecule has 192 valence electrons. The standard InChI is InChI=1S/C30H48O4/c1-18(2)9-8-10-19(26(33)34)20-13-15-29(6)21-11-12-23-27(3,4)24(31)17-25(32)30(23,7)22(21)14-16-28(20,29)5/h9,19-20,23-25,31-32H,8,10-17H2,1-7H3,(H,33,34). The van der Waals surface area contributed by atoms with E-state index in [-0.39, 0.29) is 39.4 Å². The zero-order valence-corrected chi connectivity index (χ0v) is 22.6. The molecule has 2 fully saturated rings. The van der Waals surface area contributed by atoms with Crippen LogP contribution in [0.2, 0.25) is 0 Å². The molecule has 8 atom stereocenters. The number of fused-ring (bicyclic) bond motifs is 4. The molecule has 34 heavy (non-hydrogen) atoms. The van der Waals surface area contributed by atoms with Crippen molar-refractivity contribution >= 4 is 5.97 Å². The molecule has 0 aromatic carbocycles. The smallest absolute Gasteiger partial charge is 0.306 e. The van der Waals surface area contributed by atoms with Gasteiger partial charge in [0.25, 0.3) is 0 Å². The Balaban J connectivity index is 1.72. The fourth-order valence-corrected chi connectivity index (χ4v) is 9.37. The van der Waals surface area contributed by atoms with E-state index in [9.17, 15) is 20.1 Å². The molecular formula is C30H48O4. The monoisotopic (exact) mass is 472 g/mol. The Hall–Kier alpha value is -1.13. The van der Waals surface area contributed by atoms with Crippen molar-refractivity contribution in [2.45, 2.75) is 118 Å². The fraction of sp³-hybridized carbons (Fsp3) is 0.833. The number of allylic oxidation sites excluding steroid dienone is 3. The van der Waals surface area contributed by atoms with Crippen LogP contribution in [0.3, 0.4) is 0 Å². The quantitative estimate of drug-likeness (QED) is 0.398. The lowest BCUT2D eigenvalue weighted by Crippen LogP contribution is -2.60. The lowest BCUT2D eigenvalue weighted by atomic mass is 9.42. The van der Waals surface area contributed by atoms with Gasteiger partial charge in [-0.2, -0.15) is 0 Å². The van der Waals surface area contributed by atoms with Crippen LogP contribution in [0.4, 0.5) is 0 Å². The average molecular weight is 473 g/mol. The lowest BCUT2D eigenvalue weighted by Gasteiger charge is -2.63. The van der Waals surface area contributed by atoms with Crippen molar-refractivity contribution in [3.63, 3.8) is 0 Å². The third-order valence-corrected chi connectivity index (χ3v) is 11.7. The number of aliphatic hydroxyl groups excluding tert-OH is 2. The maximum atomic E-state index is 12.5. The van der Waals surface area contributed by atoms with Crippen LogP contribution in [-0.4, -0.2) is 33.5 Å². The summed E-state index contributed by atoms with van der Waals surface area (Å²) in [6.07, 6.45) is 9.16. The summed E-state index contributed by atoms with van der Waals surface area (Å²) >= 11 is 0. The van der Waals surface area contributed by atoms with E-state index < -0.39 is 18.2 Å². The van der Waals surface area contributed by atoms with Crippen molar-refractivity contribution in [1.82, 2.24) is 0 Å². The Kier molecular flexibility index (Phi) is 6.47. The number of aliphatic hydroxyl groups is 2. The molecule has 0 aromatic heterocycles. The molecule has 0 amide bonds. The minimum absolute atomic E-state index is 0.0105. The van der Waals surface area contributed by atoms with Crippen LogP contribution < -0.4 is 0 Å². The first kappa shape index (κ1) is 25.9. The summed E-state index contributed by atoms with van der Waals surface area (Å²) in [6, 6.07) is 0. The molecular weight excluding hydrogens is 424 g/mol. The van der Waals surface area contributed by atoms with Crippen molar-refractivity contribution in [3.8, 4) is 0 Å². The van der Waals surface area contributed by atoms with Crippen LogP contribution in [0.25, 0.3) is 0 Å². The highest BCUT2D eigenvalue weighted by Gasteiger charge is 2.65. The summed E-state index contributed by atoms with van der Waals surface area (Å²) in [7, 11) is 0. The topological polar surface area (TPSA) is 77.8 Å². The van der Waals surface area contributed by atoms with Gasteiger partial charge in [-0.05, 0) is 93.3 Å². The van der Waals surface area contributed by atoms with E-state index in [1.54, 1.807) is 0 Å². The van der Waals surface area contributed by atoms with Crippen molar-refractivity contribution < 1.29 is 20.1 Å². The number of hydrogen-bond donors (Lipinski definition) is 3. The molecule has 4 aliphatic rings. The molecule has 3 N–H and O–H groups in total. The molecule has 4 rings (SSSR count). The Morgan fingerprint density at radius 3 is 2.29 bits per heavy atom. The van der Waals surface area contributed by atoms with Crippen molar-refractivity contribution in [2.24, 2.45) is 39.4 Å². The highest BCUT2D eigenvalue weighted by molar-refractivity contribution is 5.70. The number of carboxylic acid groups (broad SMARTS) is 1. The molecule has 0 saturated heterocycles. The molecule has 4 heteroatoms. The van der Waals surface area contributed by atoms with E-state index in [1.807, 2.05) is 0 Å². The second-order valence-electron chi connectivity index (χ2n) is 13.6. The first-order valence-electron chi connectivity index (χ1n) is 13.7. The Bertz CT molecular complexity index is 895. The largest absolute Gasteiger partial charge is 0.481 e. The molecule has 0 aliphatic heterocycles. The maximum Gasteiger partial charge on any atom is 0.306 e. The van der Waals surface area contributed by atoms with E-state index in [4.69, 9.17) is 0 Å². The van der Waals surface area contributed by atoms with Crippen molar-refractivity contribution in [3.05, 3.63) is 22.8 Å². The van der Waals surface area contributed by atoms with E-state index in [2.05, 4.69) is 54.5 Å². The van der Waals surface area contributed by atoms with Gasteiger partial charge in [0.05, 0.1) is 18.1 Å². The van der Waals surface area contributed by atoms with E-state index in [0.29, 0.717) is 12.8 Å². The highest BCUT2D eigenvalue weighted by atomic mass is 16.4.